The second kappa shape index (κ2) is 37.1. The number of rotatable bonds is 35. The maximum Gasteiger partial charge on any atom is 0.305 e. The Morgan fingerprint density at radius 3 is 1.44 bits per heavy atom. The van der Waals surface area contributed by atoms with E-state index in [1.807, 2.05) is 0 Å². The summed E-state index contributed by atoms with van der Waals surface area (Å²) < 4.78 is 5.63. The number of β-amino-alcohol motifs (C(OH)–C–C–N with tert-alkyl or cyclic N) is 1. The van der Waals surface area contributed by atoms with Crippen LogP contribution in [0.15, 0.2) is 24.3 Å². The van der Waals surface area contributed by atoms with Crippen molar-refractivity contribution in [1.82, 2.24) is 9.80 Å². The lowest BCUT2D eigenvalue weighted by molar-refractivity contribution is -0.144. The van der Waals surface area contributed by atoms with Gasteiger partial charge in [-0.3, -0.25) is 14.6 Å². The molecule has 6 heteroatoms. The lowest BCUT2D eigenvalue weighted by atomic mass is 10.1. The molecule has 0 amide bonds. The second-order valence-corrected chi connectivity index (χ2v) is 14.2. The van der Waals surface area contributed by atoms with Crippen LogP contribution in [0.5, 0.6) is 0 Å². The van der Waals surface area contributed by atoms with Gasteiger partial charge in [-0.25, -0.2) is 0 Å². The largest absolute Gasteiger partial charge is 0.464 e. The summed E-state index contributed by atoms with van der Waals surface area (Å²) in [7, 11) is 0. The molecule has 0 radical (unpaired) electrons. The van der Waals surface area contributed by atoms with Crippen molar-refractivity contribution in [3.63, 3.8) is 0 Å². The van der Waals surface area contributed by atoms with E-state index in [9.17, 15) is 9.90 Å². The number of ether oxygens (including phenoxy) is 1. The van der Waals surface area contributed by atoms with Crippen LogP contribution in [0, 0.1) is 0 Å². The van der Waals surface area contributed by atoms with Crippen LogP contribution in [0.1, 0.15) is 194 Å². The van der Waals surface area contributed by atoms with Gasteiger partial charge in [0.15, 0.2) is 0 Å². The molecule has 1 aliphatic rings. The first-order chi connectivity index (χ1) is 23.2. The lowest BCUT2D eigenvalue weighted by Crippen LogP contribution is -2.41. The minimum absolute atomic E-state index is 0. The summed E-state index contributed by atoms with van der Waals surface area (Å²) >= 11 is 0. The zero-order chi connectivity index (χ0) is 33.9. The summed E-state index contributed by atoms with van der Waals surface area (Å²) in [4.78, 5) is 17.2. The van der Waals surface area contributed by atoms with Gasteiger partial charge in [-0.05, 0) is 64.2 Å². The van der Waals surface area contributed by atoms with Gasteiger partial charge < -0.3 is 15.3 Å². The van der Waals surface area contributed by atoms with E-state index in [1.54, 1.807) is 0 Å². The Bertz CT molecular complexity index is 728. The molecule has 1 unspecified atom stereocenters. The molecular weight excluding hydrogens is 596 g/mol. The number of aliphatic hydroxyl groups is 1. The van der Waals surface area contributed by atoms with Crippen LogP contribution in [0.4, 0.5) is 0 Å². The SMILES string of the molecule is CCCCCCCCC=CCCCCCCCC(=O)OCCN1CCN(CCO)C1CCCCCCCC=CCCCCCCCC.O. The fraction of sp³-hybridized carbons (Fsp3) is 0.881. The topological polar surface area (TPSA) is 84.5 Å². The van der Waals surface area contributed by atoms with E-state index in [1.165, 1.54) is 154 Å². The van der Waals surface area contributed by atoms with E-state index >= 15 is 0 Å². The first-order valence-electron chi connectivity index (χ1n) is 20.8. The number of hydrogen-bond donors (Lipinski definition) is 1. The molecule has 0 aromatic heterocycles. The van der Waals surface area contributed by atoms with Crippen molar-refractivity contribution in [2.75, 3.05) is 39.4 Å². The van der Waals surface area contributed by atoms with E-state index in [4.69, 9.17) is 4.74 Å². The third kappa shape index (κ3) is 28.6. The first kappa shape index (κ1) is 46.8. The average Bonchev–Trinajstić information content (AvgIpc) is 3.45. The number of carbonyl (C=O) groups is 1. The van der Waals surface area contributed by atoms with Crippen molar-refractivity contribution in [3.05, 3.63) is 24.3 Å². The third-order valence-corrected chi connectivity index (χ3v) is 9.91. The highest BCUT2D eigenvalue weighted by atomic mass is 16.5. The van der Waals surface area contributed by atoms with Gasteiger partial charge in [0.2, 0.25) is 0 Å². The first-order valence-corrected chi connectivity index (χ1v) is 20.8. The Kier molecular flexibility index (Phi) is 36.1. The van der Waals surface area contributed by atoms with Gasteiger partial charge in [-0.2, -0.15) is 0 Å². The van der Waals surface area contributed by atoms with E-state index in [-0.39, 0.29) is 18.1 Å². The molecule has 1 heterocycles. The van der Waals surface area contributed by atoms with Gasteiger partial charge in [-0.1, -0.05) is 147 Å². The highest BCUT2D eigenvalue weighted by Crippen LogP contribution is 2.21. The molecule has 1 atom stereocenters. The number of aliphatic hydroxyl groups excluding tert-OH is 1. The maximum absolute atomic E-state index is 12.3. The highest BCUT2D eigenvalue weighted by molar-refractivity contribution is 5.69. The molecular formula is C42H82N2O4. The van der Waals surface area contributed by atoms with Crippen LogP contribution in [-0.2, 0) is 9.53 Å². The van der Waals surface area contributed by atoms with Gasteiger partial charge in [-0.15, -0.1) is 0 Å². The van der Waals surface area contributed by atoms with Crippen LogP contribution in [0.2, 0.25) is 0 Å². The fourth-order valence-corrected chi connectivity index (χ4v) is 6.89. The molecule has 0 aliphatic carbocycles. The number of allylic oxidation sites excluding steroid dienone is 4. The Balaban J connectivity index is 0.0000221. The van der Waals surface area contributed by atoms with Gasteiger partial charge in [0.05, 0.1) is 12.8 Å². The van der Waals surface area contributed by atoms with Crippen molar-refractivity contribution < 1.29 is 20.1 Å². The van der Waals surface area contributed by atoms with Gasteiger partial charge in [0.25, 0.3) is 0 Å². The van der Waals surface area contributed by atoms with E-state index in [2.05, 4.69) is 48.0 Å². The molecule has 0 saturated carbocycles. The summed E-state index contributed by atoms with van der Waals surface area (Å²) in [5.41, 5.74) is 0. The molecule has 1 saturated heterocycles. The molecule has 0 aromatic carbocycles. The van der Waals surface area contributed by atoms with Crippen LogP contribution < -0.4 is 0 Å². The van der Waals surface area contributed by atoms with Crippen molar-refractivity contribution in [2.45, 2.75) is 200 Å². The minimum Gasteiger partial charge on any atom is -0.464 e. The molecule has 284 valence electrons. The van der Waals surface area contributed by atoms with Crippen LogP contribution >= 0.6 is 0 Å². The molecule has 1 rings (SSSR count). The van der Waals surface area contributed by atoms with Gasteiger partial charge in [0.1, 0.15) is 6.61 Å². The molecule has 0 bridgehead atoms. The summed E-state index contributed by atoms with van der Waals surface area (Å²) in [5.74, 6) is -0.0390. The average molecular weight is 679 g/mol. The van der Waals surface area contributed by atoms with Crippen molar-refractivity contribution in [2.24, 2.45) is 0 Å². The molecule has 48 heavy (non-hydrogen) atoms. The Hall–Kier alpha value is -1.21. The minimum atomic E-state index is -0.0390. The monoisotopic (exact) mass is 679 g/mol. The molecule has 0 spiro atoms. The quantitative estimate of drug-likeness (QED) is 0.0410. The highest BCUT2D eigenvalue weighted by Gasteiger charge is 2.30. The van der Waals surface area contributed by atoms with Crippen LogP contribution in [-0.4, -0.2) is 71.9 Å². The summed E-state index contributed by atoms with van der Waals surface area (Å²) in [6, 6.07) is 0. The van der Waals surface area contributed by atoms with Gasteiger partial charge in [0, 0.05) is 32.6 Å². The molecule has 0 aromatic rings. The molecule has 1 fully saturated rings. The second-order valence-electron chi connectivity index (χ2n) is 14.2. The molecule has 1 aliphatic heterocycles. The predicted octanol–water partition coefficient (Wildman–Crippen LogP) is 10.7. The van der Waals surface area contributed by atoms with Crippen molar-refractivity contribution >= 4 is 5.97 Å². The number of hydrogen-bond acceptors (Lipinski definition) is 5. The van der Waals surface area contributed by atoms with E-state index < -0.39 is 0 Å². The standard InChI is InChI=1S/C42H80N2O3.H2O/c1-3-5-7-9-11-13-15-17-19-21-23-25-27-29-31-33-41-43(37-39-45)35-36-44(41)38-40-47-42(46)34-32-30-28-26-24-22-20-18-16-14-12-10-8-6-4-2;/h17-20,41,45H,3-16,21-40H2,1-2H3;1H2. The number of carbonyl (C=O) groups excluding carboxylic acids is 1. The summed E-state index contributed by atoms with van der Waals surface area (Å²) in [6.45, 7) is 8.79. The van der Waals surface area contributed by atoms with Crippen molar-refractivity contribution in [3.8, 4) is 0 Å². The Morgan fingerprint density at radius 2 is 0.979 bits per heavy atom. The van der Waals surface area contributed by atoms with Gasteiger partial charge >= 0.3 is 5.97 Å². The summed E-state index contributed by atoms with van der Waals surface area (Å²) in [5, 5.41) is 9.58. The van der Waals surface area contributed by atoms with E-state index in [0.29, 0.717) is 19.2 Å². The van der Waals surface area contributed by atoms with Crippen molar-refractivity contribution in [1.29, 1.82) is 0 Å². The zero-order valence-electron chi connectivity index (χ0n) is 32.1. The molecule has 6 nitrogen and oxygen atoms in total. The predicted molar refractivity (Wildman–Crippen MR) is 207 cm³/mol. The van der Waals surface area contributed by atoms with E-state index in [0.717, 1.165) is 45.4 Å². The Morgan fingerprint density at radius 1 is 0.583 bits per heavy atom. The lowest BCUT2D eigenvalue weighted by Gasteiger charge is -2.30. The summed E-state index contributed by atoms with van der Waals surface area (Å²) in [6.07, 6.45) is 45.3. The number of esters is 1. The Labute approximate surface area is 298 Å². The third-order valence-electron chi connectivity index (χ3n) is 9.91. The maximum atomic E-state index is 12.3. The normalized spacial score (nSPS) is 15.6. The number of nitrogens with zero attached hydrogens (tertiary/aromatic N) is 2. The molecule has 3 N–H and O–H groups in total. The van der Waals surface area contributed by atoms with Crippen LogP contribution in [0.25, 0.3) is 0 Å². The smallest absolute Gasteiger partial charge is 0.305 e. The number of unbranched alkanes of at least 4 members (excludes halogenated alkanes) is 22. The zero-order valence-corrected chi connectivity index (χ0v) is 32.1. The fourth-order valence-electron chi connectivity index (χ4n) is 6.89. The van der Waals surface area contributed by atoms with Crippen LogP contribution in [0.3, 0.4) is 0 Å².